The van der Waals surface area contributed by atoms with Crippen molar-refractivity contribution < 1.29 is 0 Å². The topological polar surface area (TPSA) is 29.3 Å². The van der Waals surface area contributed by atoms with Crippen molar-refractivity contribution in [1.29, 1.82) is 0 Å². The standard InChI is InChI=1S/C12H24N2/c1-6-9-11(10(7-2)8-3)12(13)14(4)5/h6,9,12H,7-8,13H2,1-5H3/b9-6-. The van der Waals surface area contributed by atoms with E-state index in [1.54, 1.807) is 0 Å². The normalized spacial score (nSPS) is 13.6. The third-order valence-electron chi connectivity index (χ3n) is 2.48. The molecule has 0 spiro atoms. The summed E-state index contributed by atoms with van der Waals surface area (Å²) >= 11 is 0. The Kier molecular flexibility index (Phi) is 6.50. The summed E-state index contributed by atoms with van der Waals surface area (Å²) < 4.78 is 0. The molecule has 0 aromatic heterocycles. The van der Waals surface area contributed by atoms with Gasteiger partial charge in [-0.05, 0) is 39.4 Å². The molecular formula is C12H24N2. The molecule has 0 aliphatic heterocycles. The number of allylic oxidation sites excluding steroid dienone is 2. The first kappa shape index (κ1) is 13.4. The van der Waals surface area contributed by atoms with E-state index in [4.69, 9.17) is 5.73 Å². The summed E-state index contributed by atoms with van der Waals surface area (Å²) in [6, 6.07) is 0. The maximum atomic E-state index is 6.12. The van der Waals surface area contributed by atoms with E-state index in [1.165, 1.54) is 11.1 Å². The van der Waals surface area contributed by atoms with E-state index in [1.807, 2.05) is 25.9 Å². The fourth-order valence-corrected chi connectivity index (χ4v) is 1.54. The molecule has 1 atom stereocenters. The average Bonchev–Trinajstić information content (AvgIpc) is 2.17. The second-order valence-corrected chi connectivity index (χ2v) is 3.67. The van der Waals surface area contributed by atoms with Crippen molar-refractivity contribution in [3.05, 3.63) is 23.3 Å². The van der Waals surface area contributed by atoms with Gasteiger partial charge in [-0.15, -0.1) is 0 Å². The van der Waals surface area contributed by atoms with E-state index in [-0.39, 0.29) is 6.17 Å². The molecule has 0 fully saturated rings. The quantitative estimate of drug-likeness (QED) is 0.541. The molecule has 0 bridgehead atoms. The van der Waals surface area contributed by atoms with Crippen LogP contribution in [0.15, 0.2) is 23.3 Å². The fourth-order valence-electron chi connectivity index (χ4n) is 1.54. The van der Waals surface area contributed by atoms with Gasteiger partial charge in [-0.25, -0.2) is 0 Å². The largest absolute Gasteiger partial charge is 0.312 e. The highest BCUT2D eigenvalue weighted by molar-refractivity contribution is 5.29. The fraction of sp³-hybridized carbons (Fsp3) is 0.667. The Labute approximate surface area is 88.5 Å². The van der Waals surface area contributed by atoms with Crippen molar-refractivity contribution in [2.75, 3.05) is 14.1 Å². The van der Waals surface area contributed by atoms with Crippen LogP contribution in [0.2, 0.25) is 0 Å². The predicted molar refractivity (Wildman–Crippen MR) is 64.1 cm³/mol. The van der Waals surface area contributed by atoms with Gasteiger partial charge in [-0.2, -0.15) is 0 Å². The van der Waals surface area contributed by atoms with E-state index in [0.29, 0.717) is 0 Å². The summed E-state index contributed by atoms with van der Waals surface area (Å²) in [4.78, 5) is 2.04. The molecule has 0 amide bonds. The predicted octanol–water partition coefficient (Wildman–Crippen LogP) is 2.53. The SMILES string of the molecule is C/C=C\C(=C(CC)CC)C(N)N(C)C. The smallest absolute Gasteiger partial charge is 0.0829 e. The number of rotatable bonds is 5. The van der Waals surface area contributed by atoms with Gasteiger partial charge in [0.1, 0.15) is 0 Å². The third kappa shape index (κ3) is 3.64. The van der Waals surface area contributed by atoms with Crippen LogP contribution >= 0.6 is 0 Å². The molecule has 82 valence electrons. The molecule has 0 aromatic rings. The van der Waals surface area contributed by atoms with Crippen molar-refractivity contribution in [1.82, 2.24) is 4.90 Å². The molecule has 2 nitrogen and oxygen atoms in total. The lowest BCUT2D eigenvalue weighted by Gasteiger charge is -2.23. The lowest BCUT2D eigenvalue weighted by atomic mass is 10.00. The number of hydrogen-bond donors (Lipinski definition) is 1. The molecule has 0 heterocycles. The van der Waals surface area contributed by atoms with Gasteiger partial charge in [0.15, 0.2) is 0 Å². The molecule has 0 aromatic carbocycles. The monoisotopic (exact) mass is 196 g/mol. The van der Waals surface area contributed by atoms with Crippen LogP contribution in [0.3, 0.4) is 0 Å². The number of likely N-dealkylation sites (N-methyl/N-ethyl adjacent to an activating group) is 1. The van der Waals surface area contributed by atoms with Crippen LogP contribution in [0.25, 0.3) is 0 Å². The Morgan fingerprint density at radius 2 is 1.79 bits per heavy atom. The number of nitrogens with two attached hydrogens (primary N) is 1. The average molecular weight is 196 g/mol. The highest BCUT2D eigenvalue weighted by Crippen LogP contribution is 2.17. The van der Waals surface area contributed by atoms with Gasteiger partial charge in [0.05, 0.1) is 6.17 Å². The Bertz CT molecular complexity index is 208. The molecule has 14 heavy (non-hydrogen) atoms. The maximum absolute atomic E-state index is 6.12. The van der Waals surface area contributed by atoms with E-state index in [2.05, 4.69) is 26.0 Å². The van der Waals surface area contributed by atoms with Gasteiger partial charge in [-0.1, -0.05) is 31.6 Å². The van der Waals surface area contributed by atoms with Crippen LogP contribution in [0.5, 0.6) is 0 Å². The Morgan fingerprint density at radius 1 is 1.29 bits per heavy atom. The Balaban J connectivity index is 4.99. The first-order valence-electron chi connectivity index (χ1n) is 5.35. The number of hydrogen-bond acceptors (Lipinski definition) is 2. The number of nitrogens with zero attached hydrogens (tertiary/aromatic N) is 1. The molecule has 1 unspecified atom stereocenters. The summed E-state index contributed by atoms with van der Waals surface area (Å²) in [6.07, 6.45) is 6.37. The van der Waals surface area contributed by atoms with Crippen molar-refractivity contribution in [2.24, 2.45) is 5.73 Å². The van der Waals surface area contributed by atoms with Crippen LogP contribution < -0.4 is 5.73 Å². The zero-order valence-corrected chi connectivity index (χ0v) is 10.2. The molecular weight excluding hydrogens is 172 g/mol. The van der Waals surface area contributed by atoms with E-state index in [9.17, 15) is 0 Å². The summed E-state index contributed by atoms with van der Waals surface area (Å²) in [5, 5.41) is 0. The molecule has 0 saturated carbocycles. The van der Waals surface area contributed by atoms with Gasteiger partial charge >= 0.3 is 0 Å². The first-order chi connectivity index (χ1) is 6.58. The summed E-state index contributed by atoms with van der Waals surface area (Å²) in [5.74, 6) is 0. The van der Waals surface area contributed by atoms with Crippen LogP contribution in [-0.4, -0.2) is 25.2 Å². The van der Waals surface area contributed by atoms with Crippen molar-refractivity contribution >= 4 is 0 Å². The molecule has 0 aliphatic carbocycles. The highest BCUT2D eigenvalue weighted by Gasteiger charge is 2.11. The third-order valence-corrected chi connectivity index (χ3v) is 2.48. The van der Waals surface area contributed by atoms with Crippen LogP contribution in [-0.2, 0) is 0 Å². The minimum Gasteiger partial charge on any atom is -0.312 e. The second-order valence-electron chi connectivity index (χ2n) is 3.67. The summed E-state index contributed by atoms with van der Waals surface area (Å²) in [7, 11) is 4.02. The molecule has 0 radical (unpaired) electrons. The molecule has 0 rings (SSSR count). The second kappa shape index (κ2) is 6.80. The molecule has 2 heteroatoms. The minimum atomic E-state index is 0.0149. The van der Waals surface area contributed by atoms with Crippen LogP contribution in [0.4, 0.5) is 0 Å². The molecule has 2 N–H and O–H groups in total. The zero-order chi connectivity index (χ0) is 11.1. The zero-order valence-electron chi connectivity index (χ0n) is 10.2. The van der Waals surface area contributed by atoms with Gasteiger partial charge in [-0.3, -0.25) is 4.90 Å². The summed E-state index contributed by atoms with van der Waals surface area (Å²) in [5.41, 5.74) is 8.83. The van der Waals surface area contributed by atoms with E-state index < -0.39 is 0 Å². The molecule has 0 saturated heterocycles. The van der Waals surface area contributed by atoms with Gasteiger partial charge in [0.25, 0.3) is 0 Å². The maximum Gasteiger partial charge on any atom is 0.0829 e. The lowest BCUT2D eigenvalue weighted by Crippen LogP contribution is -2.38. The molecule has 0 aliphatic rings. The minimum absolute atomic E-state index is 0.0149. The van der Waals surface area contributed by atoms with E-state index >= 15 is 0 Å². The van der Waals surface area contributed by atoms with Crippen LogP contribution in [0, 0.1) is 0 Å². The van der Waals surface area contributed by atoms with Gasteiger partial charge < -0.3 is 5.73 Å². The van der Waals surface area contributed by atoms with Crippen molar-refractivity contribution in [2.45, 2.75) is 39.8 Å². The lowest BCUT2D eigenvalue weighted by molar-refractivity contribution is 0.339. The van der Waals surface area contributed by atoms with Crippen molar-refractivity contribution in [3.8, 4) is 0 Å². The Morgan fingerprint density at radius 3 is 2.07 bits per heavy atom. The highest BCUT2D eigenvalue weighted by atomic mass is 15.2. The van der Waals surface area contributed by atoms with Gasteiger partial charge in [0.2, 0.25) is 0 Å². The Hall–Kier alpha value is -0.600. The first-order valence-corrected chi connectivity index (χ1v) is 5.35. The van der Waals surface area contributed by atoms with Gasteiger partial charge in [0, 0.05) is 0 Å². The van der Waals surface area contributed by atoms with Crippen molar-refractivity contribution in [3.63, 3.8) is 0 Å². The summed E-state index contributed by atoms with van der Waals surface area (Å²) in [6.45, 7) is 6.40. The van der Waals surface area contributed by atoms with Crippen LogP contribution in [0.1, 0.15) is 33.6 Å². The van der Waals surface area contributed by atoms with E-state index in [0.717, 1.165) is 12.8 Å².